The molecule has 0 amide bonds. The van der Waals surface area contributed by atoms with Crippen molar-refractivity contribution in [2.24, 2.45) is 5.92 Å². The minimum Gasteiger partial charge on any atom is -0.623 e. The number of aliphatic hydroxyl groups excluding tert-OH is 1. The molecule has 1 unspecified atom stereocenters. The van der Waals surface area contributed by atoms with Gasteiger partial charge in [0.15, 0.2) is 12.3 Å². The lowest BCUT2D eigenvalue weighted by Crippen LogP contribution is -2.29. The molecule has 2 aromatic carbocycles. The Bertz CT molecular complexity index is 707. The second kappa shape index (κ2) is 6.67. The number of hydroxylamine groups is 1. The van der Waals surface area contributed by atoms with Gasteiger partial charge in [0, 0.05) is 5.56 Å². The summed E-state index contributed by atoms with van der Waals surface area (Å²) in [5, 5.41) is 23.1. The first-order chi connectivity index (χ1) is 11.2. The van der Waals surface area contributed by atoms with Crippen molar-refractivity contribution in [3.05, 3.63) is 83.1 Å². The highest BCUT2D eigenvalue weighted by molar-refractivity contribution is 5.67. The zero-order valence-corrected chi connectivity index (χ0v) is 12.9. The summed E-state index contributed by atoms with van der Waals surface area (Å²) in [6, 6.07) is 16.3. The number of methoxy groups -OCH3 is 1. The monoisotopic (exact) mass is 309 g/mol. The van der Waals surface area contributed by atoms with Crippen LogP contribution in [-0.4, -0.2) is 23.2 Å². The Balaban J connectivity index is 1.94. The average Bonchev–Trinajstić information content (AvgIpc) is 2.62. The van der Waals surface area contributed by atoms with Crippen molar-refractivity contribution in [1.82, 2.24) is 0 Å². The maximum Gasteiger partial charge on any atom is 0.197 e. The molecule has 0 bridgehead atoms. The van der Waals surface area contributed by atoms with E-state index in [-0.39, 0.29) is 5.92 Å². The molecule has 0 aliphatic carbocycles. The number of hydrogen-bond donors (Lipinski definition) is 1. The fourth-order valence-corrected chi connectivity index (χ4v) is 2.95. The van der Waals surface area contributed by atoms with E-state index in [9.17, 15) is 10.3 Å². The predicted molar refractivity (Wildman–Crippen MR) is 89.5 cm³/mol. The lowest BCUT2D eigenvalue weighted by Gasteiger charge is -2.29. The predicted octanol–water partition coefficient (Wildman–Crippen LogP) is 3.24. The summed E-state index contributed by atoms with van der Waals surface area (Å²) < 4.78 is 6.07. The van der Waals surface area contributed by atoms with E-state index in [4.69, 9.17) is 4.74 Å². The summed E-state index contributed by atoms with van der Waals surface area (Å²) in [5.41, 5.74) is 1.65. The summed E-state index contributed by atoms with van der Waals surface area (Å²) in [7, 11) is 1.61. The first-order valence-electron chi connectivity index (χ1n) is 7.55. The van der Waals surface area contributed by atoms with Crippen LogP contribution < -0.4 is 4.74 Å². The van der Waals surface area contributed by atoms with E-state index >= 15 is 0 Å². The van der Waals surface area contributed by atoms with E-state index in [0.29, 0.717) is 0 Å². The van der Waals surface area contributed by atoms with Crippen molar-refractivity contribution in [2.45, 2.75) is 12.1 Å². The molecule has 23 heavy (non-hydrogen) atoms. The van der Waals surface area contributed by atoms with Crippen LogP contribution in [0.15, 0.2) is 66.7 Å². The second-order valence-corrected chi connectivity index (χ2v) is 5.54. The number of aliphatic hydroxyl groups is 1. The van der Waals surface area contributed by atoms with Crippen molar-refractivity contribution >= 4 is 6.21 Å². The normalized spacial score (nSPS) is 21.6. The first-order valence-corrected chi connectivity index (χ1v) is 7.55. The molecule has 0 radical (unpaired) electrons. The summed E-state index contributed by atoms with van der Waals surface area (Å²) in [5.74, 6) is 0.412. The molecular weight excluding hydrogens is 290 g/mol. The third-order valence-electron chi connectivity index (χ3n) is 4.17. The largest absolute Gasteiger partial charge is 0.623 e. The summed E-state index contributed by atoms with van der Waals surface area (Å²) in [4.78, 5) is 0. The summed E-state index contributed by atoms with van der Waals surface area (Å²) >= 11 is 0. The molecule has 0 saturated heterocycles. The van der Waals surface area contributed by atoms with Crippen LogP contribution in [0.1, 0.15) is 23.3 Å². The standard InChI is InChI=1S/C19H19NO3/c1-23-16-11-9-14(10-12-16)18-17(8-5-13-20(18)22)19(21)15-6-3-2-4-7-15/h2-13,17-19,21H,1H3/t17-,18+,19?/m1/s1. The Morgan fingerprint density at radius 2 is 1.78 bits per heavy atom. The summed E-state index contributed by atoms with van der Waals surface area (Å²) in [6.45, 7) is 0. The van der Waals surface area contributed by atoms with Crippen molar-refractivity contribution in [1.29, 1.82) is 0 Å². The molecule has 4 heteroatoms. The van der Waals surface area contributed by atoms with Gasteiger partial charge in [0.2, 0.25) is 0 Å². The van der Waals surface area contributed by atoms with E-state index in [1.54, 1.807) is 13.2 Å². The van der Waals surface area contributed by atoms with Crippen LogP contribution in [0.4, 0.5) is 0 Å². The van der Waals surface area contributed by atoms with Crippen molar-refractivity contribution in [3.63, 3.8) is 0 Å². The molecule has 118 valence electrons. The first kappa shape index (κ1) is 15.3. The molecule has 1 aliphatic heterocycles. The number of ether oxygens (including phenoxy) is 1. The maximum atomic E-state index is 12.4. The van der Waals surface area contributed by atoms with Gasteiger partial charge in [-0.2, -0.15) is 0 Å². The smallest absolute Gasteiger partial charge is 0.197 e. The maximum absolute atomic E-state index is 12.4. The van der Waals surface area contributed by atoms with Crippen LogP contribution in [0.3, 0.4) is 0 Å². The van der Waals surface area contributed by atoms with Crippen molar-refractivity contribution in [2.75, 3.05) is 7.11 Å². The van der Waals surface area contributed by atoms with Crippen LogP contribution in [-0.2, 0) is 0 Å². The lowest BCUT2D eigenvalue weighted by atomic mass is 9.84. The molecule has 0 spiro atoms. The highest BCUT2D eigenvalue weighted by Crippen LogP contribution is 2.37. The highest BCUT2D eigenvalue weighted by atomic mass is 16.5. The third-order valence-corrected chi connectivity index (χ3v) is 4.17. The van der Waals surface area contributed by atoms with Crippen molar-refractivity contribution in [3.8, 4) is 5.75 Å². The van der Waals surface area contributed by atoms with Crippen LogP contribution in [0, 0.1) is 11.1 Å². The molecular formula is C19H19NO3. The lowest BCUT2D eigenvalue weighted by molar-refractivity contribution is -0.515. The van der Waals surface area contributed by atoms with E-state index < -0.39 is 12.1 Å². The Morgan fingerprint density at radius 1 is 1.09 bits per heavy atom. The van der Waals surface area contributed by atoms with Gasteiger partial charge in [-0.25, -0.2) is 4.74 Å². The van der Waals surface area contributed by atoms with Gasteiger partial charge in [-0.15, -0.1) is 0 Å². The zero-order valence-electron chi connectivity index (χ0n) is 12.9. The molecule has 1 aliphatic rings. The van der Waals surface area contributed by atoms with Gasteiger partial charge < -0.3 is 15.1 Å². The topological polar surface area (TPSA) is 55.5 Å². The number of rotatable bonds is 4. The van der Waals surface area contributed by atoms with Gasteiger partial charge in [0.1, 0.15) is 5.75 Å². The second-order valence-electron chi connectivity index (χ2n) is 5.54. The zero-order chi connectivity index (χ0) is 16.2. The molecule has 0 fully saturated rings. The van der Waals surface area contributed by atoms with Crippen LogP contribution in [0.5, 0.6) is 5.75 Å². The number of hydrogen-bond acceptors (Lipinski definition) is 3. The molecule has 1 heterocycles. The number of allylic oxidation sites excluding steroid dienone is 1. The van der Waals surface area contributed by atoms with Crippen LogP contribution >= 0.6 is 0 Å². The minimum absolute atomic E-state index is 0.326. The molecule has 0 saturated carbocycles. The highest BCUT2D eigenvalue weighted by Gasteiger charge is 2.36. The van der Waals surface area contributed by atoms with Gasteiger partial charge in [0.25, 0.3) is 0 Å². The molecule has 0 aromatic heterocycles. The van der Waals surface area contributed by atoms with Gasteiger partial charge >= 0.3 is 0 Å². The quantitative estimate of drug-likeness (QED) is 0.697. The van der Waals surface area contributed by atoms with Crippen LogP contribution in [0.2, 0.25) is 0 Å². The number of nitrogens with zero attached hydrogens (tertiary/aromatic N) is 1. The Morgan fingerprint density at radius 3 is 2.43 bits per heavy atom. The van der Waals surface area contributed by atoms with Gasteiger partial charge in [0.05, 0.1) is 19.1 Å². The average molecular weight is 309 g/mol. The third kappa shape index (κ3) is 3.12. The molecule has 2 aromatic rings. The van der Waals surface area contributed by atoms with Crippen LogP contribution in [0.25, 0.3) is 0 Å². The Labute approximate surface area is 135 Å². The Hall–Kier alpha value is -2.59. The fraction of sp³-hybridized carbons (Fsp3) is 0.211. The van der Waals surface area contributed by atoms with E-state index in [0.717, 1.165) is 21.6 Å². The molecule has 1 N–H and O–H groups in total. The number of benzene rings is 2. The SMILES string of the molecule is COc1ccc([C@H]2[C@H](C(O)c3ccccc3)C=CC=[N+]2[O-])cc1. The van der Waals surface area contributed by atoms with Gasteiger partial charge in [-0.05, 0) is 35.9 Å². The van der Waals surface area contributed by atoms with Gasteiger partial charge in [-0.3, -0.25) is 0 Å². The summed E-state index contributed by atoms with van der Waals surface area (Å²) in [6.07, 6.45) is 4.33. The van der Waals surface area contributed by atoms with Gasteiger partial charge in [-0.1, -0.05) is 36.4 Å². The molecule has 3 atom stereocenters. The molecule has 4 nitrogen and oxygen atoms in total. The van der Waals surface area contributed by atoms with E-state index in [1.165, 1.54) is 6.21 Å². The Kier molecular flexibility index (Phi) is 4.44. The van der Waals surface area contributed by atoms with Crippen molar-refractivity contribution < 1.29 is 14.6 Å². The van der Waals surface area contributed by atoms with E-state index in [1.807, 2.05) is 60.7 Å². The minimum atomic E-state index is -0.746. The van der Waals surface area contributed by atoms with E-state index in [2.05, 4.69) is 0 Å². The fourth-order valence-electron chi connectivity index (χ4n) is 2.95. The molecule has 3 rings (SSSR count).